The van der Waals surface area contributed by atoms with Gasteiger partial charge in [0, 0.05) is 5.54 Å². The van der Waals surface area contributed by atoms with Crippen LogP contribution < -0.4 is 5.73 Å². The van der Waals surface area contributed by atoms with Gasteiger partial charge in [-0.2, -0.15) is 0 Å². The van der Waals surface area contributed by atoms with Crippen LogP contribution in [0.15, 0.2) is 24.3 Å². The Morgan fingerprint density at radius 3 is 2.71 bits per heavy atom. The highest BCUT2D eigenvalue weighted by Crippen LogP contribution is 2.51. The fraction of sp³-hybridized carbons (Fsp3) is 0.500. The minimum atomic E-state index is 0. The van der Waals surface area contributed by atoms with Gasteiger partial charge in [-0.15, -0.1) is 12.4 Å². The number of rotatable bonds is 2. The molecular weight excluding hydrogens is 194 g/mol. The predicted octanol–water partition coefficient (Wildman–Crippen LogP) is 3.00. The van der Waals surface area contributed by atoms with Gasteiger partial charge in [0.2, 0.25) is 0 Å². The van der Waals surface area contributed by atoms with Crippen LogP contribution in [0.4, 0.5) is 0 Å². The molecule has 0 saturated heterocycles. The van der Waals surface area contributed by atoms with Gasteiger partial charge in [-0.1, -0.05) is 43.2 Å². The Bertz CT molecular complexity index is 324. The average Bonchev–Trinajstić information content (AvgIpc) is 2.79. The topological polar surface area (TPSA) is 26.0 Å². The Morgan fingerprint density at radius 1 is 1.50 bits per heavy atom. The van der Waals surface area contributed by atoms with Gasteiger partial charge in [-0.25, -0.2) is 0 Å². The lowest BCUT2D eigenvalue weighted by atomic mass is 10.0. The molecule has 0 amide bonds. The van der Waals surface area contributed by atoms with Crippen molar-refractivity contribution in [1.29, 1.82) is 0 Å². The van der Waals surface area contributed by atoms with E-state index in [1.165, 1.54) is 17.5 Å². The first kappa shape index (κ1) is 11.5. The van der Waals surface area contributed by atoms with Crippen molar-refractivity contribution in [2.45, 2.75) is 32.2 Å². The molecule has 0 aromatic heterocycles. The first-order valence-electron chi connectivity index (χ1n) is 5.03. The lowest BCUT2D eigenvalue weighted by molar-refractivity contribution is 0.615. The van der Waals surface area contributed by atoms with Crippen molar-refractivity contribution in [2.24, 2.45) is 11.7 Å². The zero-order valence-electron chi connectivity index (χ0n) is 8.79. The van der Waals surface area contributed by atoms with Crippen molar-refractivity contribution in [3.8, 4) is 0 Å². The fourth-order valence-corrected chi connectivity index (χ4v) is 2.15. The molecule has 2 atom stereocenters. The van der Waals surface area contributed by atoms with Crippen LogP contribution in [0.25, 0.3) is 0 Å². The Labute approximate surface area is 92.1 Å². The molecule has 0 unspecified atom stereocenters. The molecule has 1 fully saturated rings. The fourth-order valence-electron chi connectivity index (χ4n) is 2.15. The maximum absolute atomic E-state index is 6.29. The molecule has 0 radical (unpaired) electrons. The van der Waals surface area contributed by atoms with Gasteiger partial charge in [0.25, 0.3) is 0 Å². The molecule has 0 aliphatic heterocycles. The number of hydrogen-bond donors (Lipinski definition) is 1. The van der Waals surface area contributed by atoms with E-state index < -0.39 is 0 Å². The quantitative estimate of drug-likeness (QED) is 0.800. The summed E-state index contributed by atoms with van der Waals surface area (Å²) in [6.07, 6.45) is 2.36. The van der Waals surface area contributed by atoms with Gasteiger partial charge in [-0.3, -0.25) is 0 Å². The van der Waals surface area contributed by atoms with Crippen molar-refractivity contribution in [2.75, 3.05) is 0 Å². The largest absolute Gasteiger partial charge is 0.321 e. The highest BCUT2D eigenvalue weighted by Gasteiger charge is 2.50. The van der Waals surface area contributed by atoms with Crippen molar-refractivity contribution in [3.05, 3.63) is 35.4 Å². The van der Waals surface area contributed by atoms with E-state index in [2.05, 4.69) is 38.1 Å². The third-order valence-electron chi connectivity index (χ3n) is 3.20. The molecule has 2 N–H and O–H groups in total. The lowest BCUT2D eigenvalue weighted by Crippen LogP contribution is -2.21. The van der Waals surface area contributed by atoms with E-state index >= 15 is 0 Å². The molecule has 14 heavy (non-hydrogen) atoms. The standard InChI is InChI=1S/C12H17N.ClH/c1-3-10-8-12(10,13)11-6-4-5-9(2)7-11;/h4-7,10H,3,8,13H2,1-2H3;1H/t10-,12+;/m1./s1. The first-order valence-corrected chi connectivity index (χ1v) is 5.03. The summed E-state index contributed by atoms with van der Waals surface area (Å²) in [6.45, 7) is 4.34. The summed E-state index contributed by atoms with van der Waals surface area (Å²) < 4.78 is 0. The van der Waals surface area contributed by atoms with Gasteiger partial charge >= 0.3 is 0 Å². The molecule has 0 spiro atoms. The molecule has 0 bridgehead atoms. The predicted molar refractivity (Wildman–Crippen MR) is 62.7 cm³/mol. The molecular formula is C12H18ClN. The molecule has 78 valence electrons. The van der Waals surface area contributed by atoms with Gasteiger partial charge in [0.05, 0.1) is 0 Å². The monoisotopic (exact) mass is 211 g/mol. The van der Waals surface area contributed by atoms with Crippen LogP contribution >= 0.6 is 12.4 Å². The molecule has 0 heterocycles. The highest BCUT2D eigenvalue weighted by atomic mass is 35.5. The van der Waals surface area contributed by atoms with Crippen LogP contribution in [-0.2, 0) is 5.54 Å². The molecule has 2 heteroatoms. The SMILES string of the molecule is CC[C@@H]1C[C@@]1(N)c1cccc(C)c1.Cl. The summed E-state index contributed by atoms with van der Waals surface area (Å²) in [5.74, 6) is 0.703. The van der Waals surface area contributed by atoms with Gasteiger partial charge < -0.3 is 5.73 Å². The smallest absolute Gasteiger partial charge is 0.0442 e. The van der Waals surface area contributed by atoms with E-state index in [9.17, 15) is 0 Å². The Kier molecular flexibility index (Phi) is 3.23. The van der Waals surface area contributed by atoms with Crippen LogP contribution in [0.3, 0.4) is 0 Å². The maximum atomic E-state index is 6.29. The van der Waals surface area contributed by atoms with E-state index in [0.29, 0.717) is 5.92 Å². The molecule has 2 rings (SSSR count). The summed E-state index contributed by atoms with van der Waals surface area (Å²) in [5.41, 5.74) is 8.92. The van der Waals surface area contributed by atoms with Crippen LogP contribution in [0, 0.1) is 12.8 Å². The van der Waals surface area contributed by atoms with Crippen LogP contribution in [-0.4, -0.2) is 0 Å². The average molecular weight is 212 g/mol. The normalized spacial score (nSPS) is 29.5. The van der Waals surface area contributed by atoms with Crippen LogP contribution in [0.1, 0.15) is 30.9 Å². The van der Waals surface area contributed by atoms with Gasteiger partial charge in [-0.05, 0) is 24.8 Å². The van der Waals surface area contributed by atoms with Gasteiger partial charge in [0.15, 0.2) is 0 Å². The van der Waals surface area contributed by atoms with E-state index in [4.69, 9.17) is 5.73 Å². The summed E-state index contributed by atoms with van der Waals surface area (Å²) in [4.78, 5) is 0. The van der Waals surface area contributed by atoms with Crippen molar-refractivity contribution >= 4 is 12.4 Å². The second-order valence-electron chi connectivity index (χ2n) is 4.22. The van der Waals surface area contributed by atoms with Crippen molar-refractivity contribution in [3.63, 3.8) is 0 Å². The zero-order valence-corrected chi connectivity index (χ0v) is 9.60. The Balaban J connectivity index is 0.000000980. The molecule has 1 aromatic carbocycles. The number of nitrogens with two attached hydrogens (primary N) is 1. The number of aryl methyl sites for hydroxylation is 1. The second-order valence-corrected chi connectivity index (χ2v) is 4.22. The third-order valence-corrected chi connectivity index (χ3v) is 3.20. The van der Waals surface area contributed by atoms with Crippen LogP contribution in [0.2, 0.25) is 0 Å². The highest BCUT2D eigenvalue weighted by molar-refractivity contribution is 5.85. The summed E-state index contributed by atoms with van der Waals surface area (Å²) >= 11 is 0. The minimum Gasteiger partial charge on any atom is -0.321 e. The number of benzene rings is 1. The second kappa shape index (κ2) is 3.92. The maximum Gasteiger partial charge on any atom is 0.0442 e. The lowest BCUT2D eigenvalue weighted by Gasteiger charge is -2.11. The number of hydrogen-bond acceptors (Lipinski definition) is 1. The molecule has 1 aromatic rings. The molecule has 1 aliphatic carbocycles. The minimum absolute atomic E-state index is 0. The first-order chi connectivity index (χ1) is 6.16. The zero-order chi connectivity index (χ0) is 9.47. The van der Waals surface area contributed by atoms with E-state index in [0.717, 1.165) is 6.42 Å². The van der Waals surface area contributed by atoms with Crippen LogP contribution in [0.5, 0.6) is 0 Å². The summed E-state index contributed by atoms with van der Waals surface area (Å²) in [7, 11) is 0. The third kappa shape index (κ3) is 1.79. The number of halogens is 1. The van der Waals surface area contributed by atoms with E-state index in [-0.39, 0.29) is 17.9 Å². The molecule has 1 aliphatic rings. The summed E-state index contributed by atoms with van der Waals surface area (Å²) in [5, 5.41) is 0. The van der Waals surface area contributed by atoms with E-state index in [1.54, 1.807) is 0 Å². The van der Waals surface area contributed by atoms with Crippen molar-refractivity contribution in [1.82, 2.24) is 0 Å². The summed E-state index contributed by atoms with van der Waals surface area (Å²) in [6, 6.07) is 8.60. The molecule has 1 saturated carbocycles. The van der Waals surface area contributed by atoms with Gasteiger partial charge in [0.1, 0.15) is 0 Å². The van der Waals surface area contributed by atoms with Crippen molar-refractivity contribution < 1.29 is 0 Å². The van der Waals surface area contributed by atoms with E-state index in [1.807, 2.05) is 0 Å². The molecule has 1 nitrogen and oxygen atoms in total. The Hall–Kier alpha value is -0.530. The Morgan fingerprint density at radius 2 is 2.21 bits per heavy atom.